The van der Waals surface area contributed by atoms with E-state index in [2.05, 4.69) is 11.3 Å². The first-order chi connectivity index (χ1) is 13.0. The van der Waals surface area contributed by atoms with Gasteiger partial charge in [0.25, 0.3) is 0 Å². The van der Waals surface area contributed by atoms with Crippen molar-refractivity contribution in [3.8, 4) is 0 Å². The lowest BCUT2D eigenvalue weighted by Gasteiger charge is -2.49. The molecule has 2 bridgehead atoms. The molecule has 8 nitrogen and oxygen atoms in total. The van der Waals surface area contributed by atoms with Crippen LogP contribution in [0.15, 0.2) is 12.2 Å². The zero-order valence-electron chi connectivity index (χ0n) is 16.6. The van der Waals surface area contributed by atoms with Gasteiger partial charge in [0.15, 0.2) is 6.61 Å². The van der Waals surface area contributed by atoms with Gasteiger partial charge in [0, 0.05) is 5.57 Å². The lowest BCUT2D eigenvalue weighted by molar-refractivity contribution is -0.167. The van der Waals surface area contributed by atoms with Crippen LogP contribution in [0.25, 0.3) is 0 Å². The Morgan fingerprint density at radius 1 is 1.10 bits per heavy atom. The average Bonchev–Trinajstić information content (AvgIpc) is 2.49. The van der Waals surface area contributed by atoms with Gasteiger partial charge in [-0.3, -0.25) is 4.55 Å². The number of hydrogen-bond donors (Lipinski definition) is 1. The molecule has 2 aliphatic carbocycles. The number of alkyl halides is 2. The van der Waals surface area contributed by atoms with Crippen LogP contribution in [0.3, 0.4) is 0 Å². The summed E-state index contributed by atoms with van der Waals surface area (Å²) in [6.45, 7) is 6.80. The number of carbonyl (C=O) groups excluding carboxylic acids is 2. The van der Waals surface area contributed by atoms with Crippen LogP contribution in [0.5, 0.6) is 0 Å². The molecule has 0 aromatic carbocycles. The molecule has 1 N–H and O–H groups in total. The second kappa shape index (κ2) is 7.82. The van der Waals surface area contributed by atoms with E-state index in [1.807, 2.05) is 6.92 Å². The first kappa shape index (κ1) is 23.5. The Morgan fingerprint density at radius 2 is 1.55 bits per heavy atom. The zero-order chi connectivity index (χ0) is 22.3. The van der Waals surface area contributed by atoms with Crippen molar-refractivity contribution in [1.82, 2.24) is 0 Å². The first-order valence-corrected chi connectivity index (χ1v) is 10.6. The quantitative estimate of drug-likeness (QED) is 0.379. The maximum Gasteiger partial charge on any atom is 0.509 e. The Hall–Kier alpha value is -1.75. The van der Waals surface area contributed by atoms with E-state index in [1.54, 1.807) is 13.8 Å². The minimum Gasteiger partial charge on any atom is -0.456 e. The van der Waals surface area contributed by atoms with Crippen molar-refractivity contribution in [2.45, 2.75) is 69.3 Å². The summed E-state index contributed by atoms with van der Waals surface area (Å²) in [6.07, 6.45) is 1.34. The van der Waals surface area contributed by atoms with E-state index in [-0.39, 0.29) is 11.8 Å². The second-order valence-corrected chi connectivity index (χ2v) is 10.2. The smallest absolute Gasteiger partial charge is 0.456 e. The summed E-state index contributed by atoms with van der Waals surface area (Å²) in [7, 11) is -5.70. The molecule has 2 aliphatic rings. The summed E-state index contributed by atoms with van der Waals surface area (Å²) in [6, 6.07) is 0. The van der Waals surface area contributed by atoms with Crippen molar-refractivity contribution in [1.29, 1.82) is 0 Å². The van der Waals surface area contributed by atoms with E-state index in [0.29, 0.717) is 31.3 Å². The van der Waals surface area contributed by atoms with Crippen molar-refractivity contribution in [3.63, 3.8) is 0 Å². The molecule has 2 saturated carbocycles. The van der Waals surface area contributed by atoms with E-state index in [9.17, 15) is 26.8 Å². The number of fused-ring (bicyclic) bond motifs is 2. The number of hydrogen-bond acceptors (Lipinski definition) is 7. The Labute approximate surface area is 168 Å². The normalized spacial score (nSPS) is 32.2. The molecule has 0 radical (unpaired) electrons. The molecule has 2 fully saturated rings. The lowest BCUT2D eigenvalue weighted by Crippen LogP contribution is -2.49. The van der Waals surface area contributed by atoms with Gasteiger partial charge in [-0.25, -0.2) is 9.59 Å². The van der Waals surface area contributed by atoms with Crippen LogP contribution < -0.4 is 0 Å². The Balaban J connectivity index is 1.96. The average molecular weight is 440 g/mol. The summed E-state index contributed by atoms with van der Waals surface area (Å²) in [4.78, 5) is 23.7. The van der Waals surface area contributed by atoms with Crippen LogP contribution in [0.1, 0.15) is 52.9 Å². The summed E-state index contributed by atoms with van der Waals surface area (Å²) >= 11 is 0. The van der Waals surface area contributed by atoms with E-state index in [4.69, 9.17) is 14.0 Å². The predicted molar refractivity (Wildman–Crippen MR) is 96.7 cm³/mol. The molecule has 11 heteroatoms. The summed E-state index contributed by atoms with van der Waals surface area (Å²) in [5, 5.41) is -4.62. The van der Waals surface area contributed by atoms with Crippen LogP contribution in [0, 0.1) is 11.8 Å². The standard InChI is InChI=1S/C18H26F2O8S/c1-11(2)14(21)27-16(3)6-12-5-13(7-16)9-17(4,8-12)28-15(22)26-10-18(19,20)29(23,24)25/h12-13H,1,5-10H2,2-4H3,(H,23,24,25). The zero-order valence-corrected chi connectivity index (χ0v) is 17.4. The predicted octanol–water partition coefficient (Wildman–Crippen LogP) is 3.47. The number of ether oxygens (including phenoxy) is 3. The van der Waals surface area contributed by atoms with E-state index in [1.165, 1.54) is 0 Å². The third kappa shape index (κ3) is 5.88. The van der Waals surface area contributed by atoms with Crippen LogP contribution in [0.2, 0.25) is 0 Å². The Kier molecular flexibility index (Phi) is 6.35. The molecule has 166 valence electrons. The third-order valence-electron chi connectivity index (χ3n) is 5.30. The molecule has 0 saturated heterocycles. The molecule has 2 atom stereocenters. The van der Waals surface area contributed by atoms with Crippen LogP contribution in [-0.2, 0) is 29.1 Å². The fraction of sp³-hybridized carbons (Fsp3) is 0.778. The second-order valence-electron chi connectivity index (χ2n) is 8.61. The molecule has 0 aromatic rings. The van der Waals surface area contributed by atoms with Crippen LogP contribution >= 0.6 is 0 Å². The molecule has 29 heavy (non-hydrogen) atoms. The monoisotopic (exact) mass is 440 g/mol. The van der Waals surface area contributed by atoms with Gasteiger partial charge in [-0.15, -0.1) is 0 Å². The summed E-state index contributed by atoms with van der Waals surface area (Å²) in [5.74, 6) is -0.320. The van der Waals surface area contributed by atoms with Gasteiger partial charge >= 0.3 is 27.5 Å². The minimum absolute atomic E-state index is 0.0717. The highest BCUT2D eigenvalue weighted by molar-refractivity contribution is 7.86. The molecular weight excluding hydrogens is 414 g/mol. The van der Waals surface area contributed by atoms with Crippen molar-refractivity contribution in [2.75, 3.05) is 6.61 Å². The molecule has 2 rings (SSSR count). The van der Waals surface area contributed by atoms with Crippen molar-refractivity contribution >= 4 is 22.2 Å². The summed E-state index contributed by atoms with van der Waals surface area (Å²) in [5.41, 5.74) is -1.35. The number of rotatable bonds is 6. The number of carbonyl (C=O) groups is 2. The Bertz CT molecular complexity index is 778. The Morgan fingerprint density at radius 3 is 1.97 bits per heavy atom. The molecule has 0 heterocycles. The van der Waals surface area contributed by atoms with Gasteiger partial charge in [-0.1, -0.05) is 6.58 Å². The van der Waals surface area contributed by atoms with Crippen molar-refractivity contribution in [3.05, 3.63) is 12.2 Å². The van der Waals surface area contributed by atoms with Crippen molar-refractivity contribution in [2.24, 2.45) is 11.8 Å². The molecule has 0 spiro atoms. The van der Waals surface area contributed by atoms with Gasteiger partial charge in [0.1, 0.15) is 11.2 Å². The number of halogens is 2. The first-order valence-electron chi connectivity index (χ1n) is 9.14. The van der Waals surface area contributed by atoms with Gasteiger partial charge in [0.2, 0.25) is 0 Å². The van der Waals surface area contributed by atoms with Gasteiger partial charge in [0.05, 0.1) is 0 Å². The molecule has 0 amide bonds. The summed E-state index contributed by atoms with van der Waals surface area (Å²) < 4.78 is 71.0. The third-order valence-corrected chi connectivity index (χ3v) is 6.17. The van der Waals surface area contributed by atoms with Gasteiger partial charge in [-0.05, 0) is 64.7 Å². The largest absolute Gasteiger partial charge is 0.509 e. The maximum absolute atomic E-state index is 13.2. The molecule has 2 unspecified atom stereocenters. The lowest BCUT2D eigenvalue weighted by atomic mass is 9.62. The van der Waals surface area contributed by atoms with E-state index < -0.39 is 45.3 Å². The molecule has 0 aromatic heterocycles. The highest BCUT2D eigenvalue weighted by Gasteiger charge is 2.50. The van der Waals surface area contributed by atoms with E-state index >= 15 is 0 Å². The maximum atomic E-state index is 13.2. The molecule has 0 aliphatic heterocycles. The van der Waals surface area contributed by atoms with E-state index in [0.717, 1.165) is 6.42 Å². The number of esters is 1. The fourth-order valence-corrected chi connectivity index (χ4v) is 4.69. The minimum atomic E-state index is -5.70. The topological polar surface area (TPSA) is 116 Å². The van der Waals surface area contributed by atoms with Gasteiger partial charge < -0.3 is 14.2 Å². The van der Waals surface area contributed by atoms with Gasteiger partial charge in [-0.2, -0.15) is 17.2 Å². The fourth-order valence-electron chi connectivity index (χ4n) is 4.48. The molecular formula is C18H26F2O8S. The SMILES string of the molecule is C=C(C)C(=O)OC1(C)CC2CC(CC(C)(OC(=O)OCC(F)(F)S(=O)(=O)O)C2)C1. The van der Waals surface area contributed by atoms with Crippen LogP contribution in [0.4, 0.5) is 13.6 Å². The highest BCUT2D eigenvalue weighted by Crippen LogP contribution is 2.50. The van der Waals surface area contributed by atoms with Crippen molar-refractivity contribution < 1.29 is 45.6 Å². The highest BCUT2D eigenvalue weighted by atomic mass is 32.2. The van der Waals surface area contributed by atoms with Crippen LogP contribution in [-0.4, -0.2) is 48.2 Å².